The average molecular weight is 270 g/mol. The maximum Gasteiger partial charge on any atom is 0.105 e. The lowest BCUT2D eigenvalue weighted by atomic mass is 9.75. The molecule has 0 bridgehead atoms. The van der Waals surface area contributed by atoms with Crippen LogP contribution < -0.4 is 0 Å². The minimum Gasteiger partial charge on any atom is -0.396 e. The third-order valence-corrected chi connectivity index (χ3v) is 8.35. The summed E-state index contributed by atoms with van der Waals surface area (Å²) < 4.78 is 25.3. The van der Waals surface area contributed by atoms with Crippen LogP contribution in [-0.2, 0) is 18.7 Å². The number of aliphatic hydroxyl groups excluding tert-OH is 1. The van der Waals surface area contributed by atoms with E-state index in [4.69, 9.17) is 16.3 Å². The number of alkyl halides is 1. The topological polar surface area (TPSA) is 37.3 Å². The summed E-state index contributed by atoms with van der Waals surface area (Å²) in [7, 11) is -0.822. The zero-order valence-electron chi connectivity index (χ0n) is 8.30. The lowest BCUT2D eigenvalue weighted by Crippen LogP contribution is -2.41. The highest BCUT2D eigenvalue weighted by Crippen LogP contribution is 2.43. The van der Waals surface area contributed by atoms with Gasteiger partial charge in [-0.1, -0.05) is 10.8 Å². The van der Waals surface area contributed by atoms with Crippen LogP contribution >= 0.6 is 10.8 Å². The molecule has 88 valence electrons. The fourth-order valence-corrected chi connectivity index (χ4v) is 7.30. The first-order valence-corrected chi connectivity index (χ1v) is 9.29. The molecule has 2 fully saturated rings. The lowest BCUT2D eigenvalue weighted by molar-refractivity contribution is 0.0547. The zero-order valence-corrected chi connectivity index (χ0v) is 10.8. The van der Waals surface area contributed by atoms with Crippen LogP contribution in [0.5, 0.6) is 0 Å². The molecular weight excluding hydrogens is 255 g/mol. The Morgan fingerprint density at radius 2 is 2.20 bits per heavy atom. The molecule has 0 aromatic heterocycles. The predicted octanol–water partition coefficient (Wildman–Crippen LogP) is 1.37. The highest BCUT2D eigenvalue weighted by Gasteiger charge is 2.41. The number of aliphatic hydroxyl groups is 1. The van der Waals surface area contributed by atoms with Gasteiger partial charge in [0.05, 0.1) is 7.52 Å². The van der Waals surface area contributed by atoms with Crippen LogP contribution in [0.15, 0.2) is 0 Å². The van der Waals surface area contributed by atoms with Gasteiger partial charge in [0.2, 0.25) is 0 Å². The third-order valence-electron chi connectivity index (χ3n) is 3.43. The van der Waals surface area contributed by atoms with E-state index >= 15 is 0 Å². The Hall–Kier alpha value is 0.610. The summed E-state index contributed by atoms with van der Waals surface area (Å²) >= 11 is 4.98. The Bertz CT molecular complexity index is 330. The molecule has 15 heavy (non-hydrogen) atoms. The van der Waals surface area contributed by atoms with Crippen LogP contribution in [-0.4, -0.2) is 33.6 Å². The quantitative estimate of drug-likeness (QED) is 0.730. The van der Waals surface area contributed by atoms with Crippen LogP contribution in [0.3, 0.4) is 0 Å². The maximum absolute atomic E-state index is 13.6. The van der Waals surface area contributed by atoms with Gasteiger partial charge in [-0.2, -0.15) is 0 Å². The van der Waals surface area contributed by atoms with Crippen LogP contribution in [0.25, 0.3) is 0 Å². The highest BCUT2D eigenvalue weighted by atomic mass is 33.3. The van der Waals surface area contributed by atoms with E-state index in [1.165, 1.54) is 10.8 Å². The first-order chi connectivity index (χ1) is 7.02. The molecule has 5 atom stereocenters. The van der Waals surface area contributed by atoms with Crippen molar-refractivity contribution in [3.8, 4) is 0 Å². The van der Waals surface area contributed by atoms with E-state index in [1.807, 2.05) is 0 Å². The monoisotopic (exact) mass is 270 g/mol. The van der Waals surface area contributed by atoms with Crippen molar-refractivity contribution >= 4 is 29.5 Å². The van der Waals surface area contributed by atoms with Crippen molar-refractivity contribution in [3.63, 3.8) is 0 Å². The molecule has 1 saturated heterocycles. The molecule has 5 unspecified atom stereocenters. The van der Waals surface area contributed by atoms with Crippen molar-refractivity contribution in [1.82, 2.24) is 0 Å². The van der Waals surface area contributed by atoms with Gasteiger partial charge in [-0.05, 0) is 35.9 Å². The summed E-state index contributed by atoms with van der Waals surface area (Å²) in [6.07, 6.45) is 0.217. The van der Waals surface area contributed by atoms with Crippen molar-refractivity contribution in [2.75, 3.05) is 18.1 Å². The molecule has 0 aromatic carbocycles. The van der Waals surface area contributed by atoms with Crippen LogP contribution in [0.1, 0.15) is 12.8 Å². The number of fused-ring (bicyclic) bond motifs is 1. The molecule has 1 aliphatic heterocycles. The van der Waals surface area contributed by atoms with E-state index in [0.717, 1.165) is 12.2 Å². The maximum atomic E-state index is 13.6. The third kappa shape index (κ3) is 2.65. The van der Waals surface area contributed by atoms with Crippen LogP contribution in [0, 0.1) is 17.8 Å². The number of rotatable bonds is 1. The van der Waals surface area contributed by atoms with Crippen LogP contribution in [0.2, 0.25) is 0 Å². The average Bonchev–Trinajstić information content (AvgIpc) is 2.15. The summed E-state index contributed by atoms with van der Waals surface area (Å²) in [5, 5.41) is 9.03. The summed E-state index contributed by atoms with van der Waals surface area (Å²) in [5.74, 6) is 1.61. The van der Waals surface area contributed by atoms with Crippen molar-refractivity contribution < 1.29 is 13.7 Å². The fraction of sp³-hybridized carbons (Fsp3) is 1.00. The largest absolute Gasteiger partial charge is 0.396 e. The minimum absolute atomic E-state index is 0.0711. The van der Waals surface area contributed by atoms with Gasteiger partial charge in [0.1, 0.15) is 6.17 Å². The standard InChI is InChI=1S/C9H15FO2S3/c10-9-2-8-5-15(12,13)14-4-7(8)1-6(9)3-11/h6-9,11H,1-5H2. The Kier molecular flexibility index (Phi) is 3.60. The predicted molar refractivity (Wildman–Crippen MR) is 64.5 cm³/mol. The van der Waals surface area contributed by atoms with Crippen molar-refractivity contribution in [2.24, 2.45) is 17.8 Å². The van der Waals surface area contributed by atoms with Crippen molar-refractivity contribution in [3.05, 3.63) is 0 Å². The first-order valence-electron chi connectivity index (χ1n) is 5.14. The molecular formula is C9H15FO2S3. The molecule has 1 heterocycles. The van der Waals surface area contributed by atoms with Gasteiger partial charge in [-0.15, -0.1) is 0 Å². The van der Waals surface area contributed by atoms with Gasteiger partial charge in [-0.25, -0.2) is 8.60 Å². The lowest BCUT2D eigenvalue weighted by Gasteiger charge is -2.40. The number of hydrogen-bond acceptors (Lipinski definition) is 4. The van der Waals surface area contributed by atoms with E-state index < -0.39 is 13.7 Å². The second-order valence-electron chi connectivity index (χ2n) is 4.46. The highest BCUT2D eigenvalue weighted by molar-refractivity contribution is 8.85. The molecule has 1 saturated carbocycles. The summed E-state index contributed by atoms with van der Waals surface area (Å²) in [6.45, 7) is -0.0711. The van der Waals surface area contributed by atoms with E-state index in [0.29, 0.717) is 18.1 Å². The molecule has 0 radical (unpaired) electrons. The van der Waals surface area contributed by atoms with Gasteiger partial charge < -0.3 is 5.11 Å². The second kappa shape index (κ2) is 4.47. The Balaban J connectivity index is 2.07. The molecule has 1 aliphatic carbocycles. The SMILES string of the molecule is O=S1(=S)CC2CC(F)C(CO)CC2CS1. The summed E-state index contributed by atoms with van der Waals surface area (Å²) in [4.78, 5) is 0. The molecule has 0 aromatic rings. The normalized spacial score (nSPS) is 51.1. The summed E-state index contributed by atoms with van der Waals surface area (Å²) in [5.41, 5.74) is 0. The molecule has 0 spiro atoms. The molecule has 2 rings (SSSR count). The molecule has 2 aliphatic rings. The van der Waals surface area contributed by atoms with Gasteiger partial charge in [0, 0.05) is 24.0 Å². The fourth-order valence-electron chi connectivity index (χ4n) is 2.50. The Labute approximate surface area is 98.1 Å². The van der Waals surface area contributed by atoms with Gasteiger partial charge in [0.15, 0.2) is 0 Å². The number of hydrogen-bond donors (Lipinski definition) is 1. The van der Waals surface area contributed by atoms with Crippen LogP contribution in [0.4, 0.5) is 4.39 Å². The molecule has 6 heteroatoms. The Morgan fingerprint density at radius 3 is 2.87 bits per heavy atom. The van der Waals surface area contributed by atoms with Gasteiger partial charge in [-0.3, -0.25) is 0 Å². The summed E-state index contributed by atoms with van der Waals surface area (Å²) in [6, 6.07) is 0. The minimum atomic E-state index is -2.18. The van der Waals surface area contributed by atoms with Crippen molar-refractivity contribution in [2.45, 2.75) is 19.0 Å². The van der Waals surface area contributed by atoms with E-state index in [9.17, 15) is 8.60 Å². The van der Waals surface area contributed by atoms with Crippen molar-refractivity contribution in [1.29, 1.82) is 0 Å². The van der Waals surface area contributed by atoms with E-state index in [1.54, 1.807) is 0 Å². The molecule has 2 nitrogen and oxygen atoms in total. The van der Waals surface area contributed by atoms with E-state index in [2.05, 4.69) is 0 Å². The first kappa shape index (κ1) is 12.1. The van der Waals surface area contributed by atoms with E-state index in [-0.39, 0.29) is 18.4 Å². The second-order valence-corrected chi connectivity index (χ2v) is 11.0. The van der Waals surface area contributed by atoms with Gasteiger partial charge >= 0.3 is 0 Å². The number of halogens is 1. The smallest absolute Gasteiger partial charge is 0.105 e. The van der Waals surface area contributed by atoms with Gasteiger partial charge in [0.25, 0.3) is 0 Å². The Morgan fingerprint density at radius 1 is 1.47 bits per heavy atom. The molecule has 0 amide bonds. The molecule has 1 N–H and O–H groups in total. The zero-order chi connectivity index (χ0) is 11.1.